The van der Waals surface area contributed by atoms with E-state index in [0.717, 1.165) is 11.1 Å². The number of nitro groups is 1. The van der Waals surface area contributed by atoms with E-state index in [1.54, 1.807) is 13.0 Å². The van der Waals surface area contributed by atoms with Crippen molar-refractivity contribution in [3.05, 3.63) is 69.8 Å². The van der Waals surface area contributed by atoms with Crippen LogP contribution in [0, 0.1) is 17.0 Å². The standard InChI is InChI=1S/C17H18N2O4/c1-12-6-8-14(9-7-12)11-18-17(20)13(2)23-16-5-3-4-15(10-16)19(21)22/h3-10,13H,11H2,1-2H3,(H,18,20)/t13-/m0/s1. The lowest BCUT2D eigenvalue weighted by molar-refractivity contribution is -0.384. The third-order valence-electron chi connectivity index (χ3n) is 3.30. The topological polar surface area (TPSA) is 81.5 Å². The third kappa shape index (κ3) is 4.81. The number of non-ortho nitro benzene ring substituents is 1. The lowest BCUT2D eigenvalue weighted by atomic mass is 10.1. The van der Waals surface area contributed by atoms with Crippen LogP contribution in [0.25, 0.3) is 0 Å². The number of nitrogens with zero attached hydrogens (tertiary/aromatic N) is 1. The Hall–Kier alpha value is -2.89. The Balaban J connectivity index is 1.90. The Labute approximate surface area is 134 Å². The van der Waals surface area contributed by atoms with Crippen molar-refractivity contribution in [3.8, 4) is 5.75 Å². The summed E-state index contributed by atoms with van der Waals surface area (Å²) in [6.45, 7) is 4.00. The van der Waals surface area contributed by atoms with E-state index >= 15 is 0 Å². The molecule has 1 N–H and O–H groups in total. The number of rotatable bonds is 6. The molecule has 0 aromatic heterocycles. The lowest BCUT2D eigenvalue weighted by Gasteiger charge is -2.14. The summed E-state index contributed by atoms with van der Waals surface area (Å²) < 4.78 is 5.46. The Morgan fingerprint density at radius 1 is 1.26 bits per heavy atom. The normalized spacial score (nSPS) is 11.6. The summed E-state index contributed by atoms with van der Waals surface area (Å²) in [5, 5.41) is 13.5. The summed E-state index contributed by atoms with van der Waals surface area (Å²) in [4.78, 5) is 22.3. The second-order valence-corrected chi connectivity index (χ2v) is 5.22. The molecule has 0 fully saturated rings. The Kier molecular flexibility index (Phi) is 5.30. The van der Waals surface area contributed by atoms with E-state index in [2.05, 4.69) is 5.32 Å². The van der Waals surface area contributed by atoms with Crippen molar-refractivity contribution < 1.29 is 14.5 Å². The predicted octanol–water partition coefficient (Wildman–Crippen LogP) is 2.99. The van der Waals surface area contributed by atoms with Gasteiger partial charge in [0.05, 0.1) is 11.0 Å². The minimum atomic E-state index is -0.748. The van der Waals surface area contributed by atoms with Crippen LogP contribution in [0.3, 0.4) is 0 Å². The summed E-state index contributed by atoms with van der Waals surface area (Å²) in [6, 6.07) is 13.6. The van der Waals surface area contributed by atoms with Crippen LogP contribution in [0.15, 0.2) is 48.5 Å². The summed E-state index contributed by atoms with van der Waals surface area (Å²) in [6.07, 6.45) is -0.748. The van der Waals surface area contributed by atoms with Crippen molar-refractivity contribution in [2.75, 3.05) is 0 Å². The largest absolute Gasteiger partial charge is 0.481 e. The van der Waals surface area contributed by atoms with Gasteiger partial charge in [-0.3, -0.25) is 14.9 Å². The van der Waals surface area contributed by atoms with E-state index in [0.29, 0.717) is 6.54 Å². The maximum absolute atomic E-state index is 12.0. The molecule has 0 aliphatic rings. The van der Waals surface area contributed by atoms with Crippen LogP contribution in [-0.2, 0) is 11.3 Å². The fourth-order valence-electron chi connectivity index (χ4n) is 1.97. The van der Waals surface area contributed by atoms with Gasteiger partial charge in [-0.2, -0.15) is 0 Å². The van der Waals surface area contributed by atoms with Gasteiger partial charge in [-0.05, 0) is 25.5 Å². The Morgan fingerprint density at radius 2 is 1.96 bits per heavy atom. The van der Waals surface area contributed by atoms with E-state index in [4.69, 9.17) is 4.74 Å². The fraction of sp³-hybridized carbons (Fsp3) is 0.235. The molecule has 23 heavy (non-hydrogen) atoms. The first kappa shape index (κ1) is 16.5. The molecule has 0 unspecified atom stereocenters. The monoisotopic (exact) mass is 314 g/mol. The first-order valence-electron chi connectivity index (χ1n) is 7.20. The smallest absolute Gasteiger partial charge is 0.273 e. The molecule has 0 aliphatic carbocycles. The van der Waals surface area contributed by atoms with Gasteiger partial charge >= 0.3 is 0 Å². The number of benzene rings is 2. The minimum absolute atomic E-state index is 0.0743. The number of amides is 1. The maximum atomic E-state index is 12.0. The van der Waals surface area contributed by atoms with Gasteiger partial charge in [0, 0.05) is 12.6 Å². The number of nitro benzene ring substituents is 1. The van der Waals surface area contributed by atoms with Gasteiger partial charge in [0.25, 0.3) is 11.6 Å². The molecule has 1 amide bonds. The number of hydrogen-bond acceptors (Lipinski definition) is 4. The zero-order valence-corrected chi connectivity index (χ0v) is 13.0. The molecule has 2 aromatic rings. The molecule has 2 rings (SSSR count). The van der Waals surface area contributed by atoms with Crippen molar-refractivity contribution in [2.45, 2.75) is 26.5 Å². The van der Waals surface area contributed by atoms with Gasteiger partial charge in [-0.15, -0.1) is 0 Å². The zero-order chi connectivity index (χ0) is 16.8. The SMILES string of the molecule is Cc1ccc(CNC(=O)[C@H](C)Oc2cccc([N+](=O)[O-])c2)cc1. The Morgan fingerprint density at radius 3 is 2.61 bits per heavy atom. The average molecular weight is 314 g/mol. The zero-order valence-electron chi connectivity index (χ0n) is 13.0. The molecule has 0 heterocycles. The molecule has 0 bridgehead atoms. The number of hydrogen-bond donors (Lipinski definition) is 1. The van der Waals surface area contributed by atoms with Gasteiger partial charge in [0.15, 0.2) is 6.10 Å². The van der Waals surface area contributed by atoms with Crippen molar-refractivity contribution in [3.63, 3.8) is 0 Å². The fourth-order valence-corrected chi connectivity index (χ4v) is 1.97. The predicted molar refractivity (Wildman–Crippen MR) is 86.2 cm³/mol. The van der Waals surface area contributed by atoms with Crippen molar-refractivity contribution in [2.24, 2.45) is 0 Å². The Bertz CT molecular complexity index is 698. The summed E-state index contributed by atoms with van der Waals surface area (Å²) >= 11 is 0. The second kappa shape index (κ2) is 7.40. The average Bonchev–Trinajstić information content (AvgIpc) is 2.54. The van der Waals surface area contributed by atoms with Crippen LogP contribution in [0.2, 0.25) is 0 Å². The maximum Gasteiger partial charge on any atom is 0.273 e. The molecule has 0 saturated heterocycles. The quantitative estimate of drug-likeness (QED) is 0.656. The second-order valence-electron chi connectivity index (χ2n) is 5.22. The molecule has 2 aromatic carbocycles. The van der Waals surface area contributed by atoms with Crippen LogP contribution in [0.1, 0.15) is 18.1 Å². The van der Waals surface area contributed by atoms with Gasteiger partial charge in [0.2, 0.25) is 0 Å². The van der Waals surface area contributed by atoms with Crippen LogP contribution in [0.4, 0.5) is 5.69 Å². The van der Waals surface area contributed by atoms with Crippen LogP contribution in [0.5, 0.6) is 5.75 Å². The van der Waals surface area contributed by atoms with E-state index in [9.17, 15) is 14.9 Å². The number of carbonyl (C=O) groups is 1. The molecule has 1 atom stereocenters. The molecular weight excluding hydrogens is 296 g/mol. The molecule has 6 nitrogen and oxygen atoms in total. The van der Waals surface area contributed by atoms with Crippen LogP contribution >= 0.6 is 0 Å². The highest BCUT2D eigenvalue weighted by Crippen LogP contribution is 2.20. The molecular formula is C17H18N2O4. The van der Waals surface area contributed by atoms with Crippen molar-refractivity contribution in [1.29, 1.82) is 0 Å². The molecule has 0 saturated carbocycles. The van der Waals surface area contributed by atoms with Crippen molar-refractivity contribution in [1.82, 2.24) is 5.32 Å². The third-order valence-corrected chi connectivity index (χ3v) is 3.30. The van der Waals surface area contributed by atoms with Crippen molar-refractivity contribution >= 4 is 11.6 Å². The number of aryl methyl sites for hydroxylation is 1. The summed E-state index contributed by atoms with van der Waals surface area (Å²) in [5.41, 5.74) is 2.07. The highest BCUT2D eigenvalue weighted by molar-refractivity contribution is 5.80. The van der Waals surface area contributed by atoms with Gasteiger partial charge < -0.3 is 10.1 Å². The molecule has 0 aliphatic heterocycles. The highest BCUT2D eigenvalue weighted by Gasteiger charge is 2.15. The lowest BCUT2D eigenvalue weighted by Crippen LogP contribution is -2.35. The number of ether oxygens (including phenoxy) is 1. The molecule has 0 spiro atoms. The summed E-state index contributed by atoms with van der Waals surface area (Å²) in [7, 11) is 0. The van der Waals surface area contributed by atoms with Crippen LogP contribution in [-0.4, -0.2) is 16.9 Å². The van der Waals surface area contributed by atoms with Crippen LogP contribution < -0.4 is 10.1 Å². The van der Waals surface area contributed by atoms with Gasteiger partial charge in [-0.1, -0.05) is 35.9 Å². The molecule has 120 valence electrons. The number of nitrogens with one attached hydrogen (secondary N) is 1. The van der Waals surface area contributed by atoms with E-state index in [1.165, 1.54) is 18.2 Å². The minimum Gasteiger partial charge on any atom is -0.481 e. The molecule has 0 radical (unpaired) electrons. The van der Waals surface area contributed by atoms with Gasteiger partial charge in [-0.25, -0.2) is 0 Å². The molecule has 6 heteroatoms. The van der Waals surface area contributed by atoms with E-state index in [-0.39, 0.29) is 17.3 Å². The van der Waals surface area contributed by atoms with Gasteiger partial charge in [0.1, 0.15) is 5.75 Å². The van der Waals surface area contributed by atoms with E-state index in [1.807, 2.05) is 31.2 Å². The van der Waals surface area contributed by atoms with E-state index < -0.39 is 11.0 Å². The first-order valence-corrected chi connectivity index (χ1v) is 7.20. The number of carbonyl (C=O) groups excluding carboxylic acids is 1. The summed E-state index contributed by atoms with van der Waals surface area (Å²) in [5.74, 6) is 0.00858. The highest BCUT2D eigenvalue weighted by atomic mass is 16.6. The first-order chi connectivity index (χ1) is 11.0.